The van der Waals surface area contributed by atoms with E-state index in [4.69, 9.17) is 4.74 Å². The van der Waals surface area contributed by atoms with Crippen LogP contribution in [-0.2, 0) is 9.53 Å². The maximum Gasteiger partial charge on any atom is 0.252 e. The molecule has 4 atom stereocenters. The number of aliphatic hydroxyl groups is 2. The monoisotopic (exact) mass is 404 g/mol. The van der Waals surface area contributed by atoms with Gasteiger partial charge in [0.25, 0.3) is 5.91 Å². The molecule has 29 heavy (non-hydrogen) atoms. The summed E-state index contributed by atoms with van der Waals surface area (Å²) in [5.74, 6) is 0.185. The summed E-state index contributed by atoms with van der Waals surface area (Å²) in [5, 5.41) is 26.8. The van der Waals surface area contributed by atoms with Crippen LogP contribution in [0.5, 0.6) is 0 Å². The molecule has 0 radical (unpaired) electrons. The first-order valence-electron chi connectivity index (χ1n) is 10.3. The Hall–Kier alpha value is -2.30. The summed E-state index contributed by atoms with van der Waals surface area (Å²) in [5.41, 5.74) is 1.05. The first kappa shape index (κ1) is 20.0. The van der Waals surface area contributed by atoms with Gasteiger partial charge in [-0.05, 0) is 19.8 Å². The van der Waals surface area contributed by atoms with Gasteiger partial charge < -0.3 is 25.6 Å². The van der Waals surface area contributed by atoms with Crippen LogP contribution in [0.15, 0.2) is 12.7 Å². The predicted octanol–water partition coefficient (Wildman–Crippen LogP) is 0.716. The van der Waals surface area contributed by atoms with Crippen molar-refractivity contribution in [1.29, 1.82) is 0 Å². The molecular weight excluding hydrogens is 376 g/mol. The molecule has 0 spiro atoms. The Balaban J connectivity index is 1.58. The average Bonchev–Trinajstić information content (AvgIpc) is 3.15. The summed E-state index contributed by atoms with van der Waals surface area (Å²) in [6.45, 7) is 2.18. The van der Waals surface area contributed by atoms with E-state index in [2.05, 4.69) is 25.6 Å². The number of aliphatic hydroxyl groups excluding tert-OH is 2. The van der Waals surface area contributed by atoms with Gasteiger partial charge in [0, 0.05) is 12.6 Å². The molecule has 0 bridgehead atoms. The second-order valence-corrected chi connectivity index (χ2v) is 7.70. The summed E-state index contributed by atoms with van der Waals surface area (Å²) in [6, 6.07) is 0.345. The lowest BCUT2D eigenvalue weighted by atomic mass is 10.1. The van der Waals surface area contributed by atoms with Crippen LogP contribution in [-0.4, -0.2) is 66.5 Å². The molecule has 0 unspecified atom stereocenters. The molecule has 4 rings (SSSR count). The van der Waals surface area contributed by atoms with Gasteiger partial charge in [0.2, 0.25) is 0 Å². The largest absolute Gasteiger partial charge is 0.387 e. The molecule has 10 heteroatoms. The summed E-state index contributed by atoms with van der Waals surface area (Å²) < 4.78 is 7.23. The van der Waals surface area contributed by atoms with Crippen molar-refractivity contribution in [2.24, 2.45) is 0 Å². The van der Waals surface area contributed by atoms with Crippen LogP contribution in [0.25, 0.3) is 11.2 Å². The zero-order valence-electron chi connectivity index (χ0n) is 16.5. The van der Waals surface area contributed by atoms with Crippen molar-refractivity contribution in [2.75, 3.05) is 11.9 Å². The molecule has 2 fully saturated rings. The number of hydrogen-bond donors (Lipinski definition) is 4. The van der Waals surface area contributed by atoms with Gasteiger partial charge in [-0.25, -0.2) is 15.0 Å². The Morgan fingerprint density at radius 3 is 2.66 bits per heavy atom. The van der Waals surface area contributed by atoms with Crippen molar-refractivity contribution in [3.05, 3.63) is 12.7 Å². The van der Waals surface area contributed by atoms with Crippen LogP contribution in [0, 0.1) is 0 Å². The Bertz CT molecular complexity index is 850. The third kappa shape index (κ3) is 3.92. The number of carbonyl (C=O) groups excluding carboxylic acids is 1. The number of anilines is 1. The molecule has 2 aliphatic rings. The zero-order valence-corrected chi connectivity index (χ0v) is 16.5. The van der Waals surface area contributed by atoms with E-state index in [0.717, 1.165) is 12.8 Å². The van der Waals surface area contributed by atoms with Gasteiger partial charge >= 0.3 is 0 Å². The van der Waals surface area contributed by atoms with Crippen LogP contribution in [0.4, 0.5) is 5.82 Å². The number of aromatic nitrogens is 4. The van der Waals surface area contributed by atoms with Gasteiger partial charge in [0.15, 0.2) is 29.3 Å². The highest BCUT2D eigenvalue weighted by Gasteiger charge is 2.47. The molecule has 1 aliphatic carbocycles. The van der Waals surface area contributed by atoms with E-state index in [1.165, 1.54) is 38.3 Å². The smallest absolute Gasteiger partial charge is 0.252 e. The quantitative estimate of drug-likeness (QED) is 0.536. The molecule has 2 aromatic rings. The zero-order chi connectivity index (χ0) is 20.4. The van der Waals surface area contributed by atoms with Gasteiger partial charge in [-0.15, -0.1) is 0 Å². The molecular formula is C19H28N6O4. The van der Waals surface area contributed by atoms with Crippen molar-refractivity contribution in [3.63, 3.8) is 0 Å². The number of carbonyl (C=O) groups is 1. The van der Waals surface area contributed by atoms with E-state index >= 15 is 0 Å². The number of ether oxygens (including phenoxy) is 1. The molecule has 158 valence electrons. The molecule has 1 saturated carbocycles. The molecule has 10 nitrogen and oxygen atoms in total. The number of imidazole rings is 1. The van der Waals surface area contributed by atoms with Gasteiger partial charge in [0.05, 0.1) is 6.33 Å². The standard InChI is InChI=1S/C19H28N6O4/c1-2-20-18(28)15-13(26)14(27)19(29-15)25-10-23-12-16(21-9-22-17(12)25)24-11-7-5-3-4-6-8-11/h9-11,13-15,19,26-27H,2-8H2,1H3,(H,20,28)(H,21,22,24)/t13-,14+,15-,19+/m0/s1. The topological polar surface area (TPSA) is 134 Å². The van der Waals surface area contributed by atoms with Crippen LogP contribution in [0.2, 0.25) is 0 Å². The second-order valence-electron chi connectivity index (χ2n) is 7.70. The number of hydrogen-bond acceptors (Lipinski definition) is 8. The number of fused-ring (bicyclic) bond motifs is 1. The van der Waals surface area contributed by atoms with Crippen molar-refractivity contribution in [1.82, 2.24) is 24.8 Å². The van der Waals surface area contributed by atoms with E-state index in [9.17, 15) is 15.0 Å². The second kappa shape index (κ2) is 8.60. The Morgan fingerprint density at radius 2 is 1.93 bits per heavy atom. The number of rotatable bonds is 5. The van der Waals surface area contributed by atoms with Crippen molar-refractivity contribution < 1.29 is 19.7 Å². The van der Waals surface area contributed by atoms with Crippen molar-refractivity contribution in [2.45, 2.75) is 76.0 Å². The highest BCUT2D eigenvalue weighted by atomic mass is 16.6. The first-order chi connectivity index (χ1) is 14.1. The Morgan fingerprint density at radius 1 is 1.17 bits per heavy atom. The van der Waals surface area contributed by atoms with Gasteiger partial charge in [-0.1, -0.05) is 25.7 Å². The van der Waals surface area contributed by atoms with E-state index < -0.39 is 30.4 Å². The fourth-order valence-corrected chi connectivity index (χ4v) is 4.14. The van der Waals surface area contributed by atoms with Crippen molar-refractivity contribution >= 4 is 22.9 Å². The summed E-state index contributed by atoms with van der Waals surface area (Å²) in [6.07, 6.45) is 5.30. The number of nitrogens with one attached hydrogen (secondary N) is 2. The van der Waals surface area contributed by atoms with E-state index in [1.54, 1.807) is 11.5 Å². The molecule has 0 aromatic carbocycles. The SMILES string of the molecule is CCNC(=O)[C@H]1O[C@@H](n2cnc3c(NC4CCCCCC4)ncnc32)[C@H](O)[C@@H]1O. The van der Waals surface area contributed by atoms with Crippen LogP contribution in [0.3, 0.4) is 0 Å². The maximum absolute atomic E-state index is 12.1. The van der Waals surface area contributed by atoms with Crippen LogP contribution < -0.4 is 10.6 Å². The minimum Gasteiger partial charge on any atom is -0.387 e. The Labute approximate surface area is 168 Å². The normalized spacial score (nSPS) is 28.4. The lowest BCUT2D eigenvalue weighted by molar-refractivity contribution is -0.137. The highest BCUT2D eigenvalue weighted by Crippen LogP contribution is 2.32. The average molecular weight is 404 g/mol. The molecule has 1 amide bonds. The van der Waals surface area contributed by atoms with E-state index in [-0.39, 0.29) is 0 Å². The third-order valence-electron chi connectivity index (χ3n) is 5.68. The summed E-state index contributed by atoms with van der Waals surface area (Å²) >= 11 is 0. The minimum absolute atomic E-state index is 0.345. The molecule has 2 aromatic heterocycles. The Kier molecular flexibility index (Phi) is 5.93. The molecule has 1 saturated heterocycles. The van der Waals surface area contributed by atoms with Gasteiger partial charge in [0.1, 0.15) is 18.5 Å². The van der Waals surface area contributed by atoms with Gasteiger partial charge in [-0.3, -0.25) is 9.36 Å². The van der Waals surface area contributed by atoms with Gasteiger partial charge in [-0.2, -0.15) is 0 Å². The van der Waals surface area contributed by atoms with E-state index in [1.807, 2.05) is 0 Å². The van der Waals surface area contributed by atoms with Crippen molar-refractivity contribution in [3.8, 4) is 0 Å². The third-order valence-corrected chi connectivity index (χ3v) is 5.68. The van der Waals surface area contributed by atoms with E-state index in [0.29, 0.717) is 29.6 Å². The lowest BCUT2D eigenvalue weighted by Gasteiger charge is -2.18. The van der Waals surface area contributed by atoms with Crippen LogP contribution >= 0.6 is 0 Å². The maximum atomic E-state index is 12.1. The predicted molar refractivity (Wildman–Crippen MR) is 105 cm³/mol. The highest BCUT2D eigenvalue weighted by molar-refractivity contribution is 5.83. The number of nitrogens with zero attached hydrogens (tertiary/aromatic N) is 4. The summed E-state index contributed by atoms with van der Waals surface area (Å²) in [7, 11) is 0. The molecule has 4 N–H and O–H groups in total. The van der Waals surface area contributed by atoms with Crippen LogP contribution in [0.1, 0.15) is 51.7 Å². The fourth-order valence-electron chi connectivity index (χ4n) is 4.14. The number of amides is 1. The fraction of sp³-hybridized carbons (Fsp3) is 0.684. The summed E-state index contributed by atoms with van der Waals surface area (Å²) in [4.78, 5) is 25.2. The molecule has 1 aliphatic heterocycles. The first-order valence-corrected chi connectivity index (χ1v) is 10.3. The lowest BCUT2D eigenvalue weighted by Crippen LogP contribution is -2.42. The minimum atomic E-state index is -1.34. The molecule has 3 heterocycles. The number of likely N-dealkylation sites (N-methyl/N-ethyl adjacent to an activating group) is 1.